The van der Waals surface area contributed by atoms with Gasteiger partial charge in [-0.1, -0.05) is 0 Å². The summed E-state index contributed by atoms with van der Waals surface area (Å²) in [7, 11) is -3.16. The van der Waals surface area contributed by atoms with Gasteiger partial charge in [0.25, 0.3) is 10.1 Å². The Kier molecular flexibility index (Phi) is 3.13. The minimum atomic E-state index is -4.55. The maximum atomic E-state index is 11.3. The number of phenolic OH excluding ortho intramolecular Hbond substituents is 1. The Morgan fingerprint density at radius 3 is 2.42 bits per heavy atom. The predicted molar refractivity (Wildman–Crippen MR) is 67.4 cm³/mol. The standard InChI is InChI=1S/C11H9NO6S/c1-18-6-2-3-7-8(4-6)11(13)9(12-14)5-10(7)19(15,16)17/h2-5,13H,1H3,(H,15,16,17). The van der Waals surface area contributed by atoms with Crippen LogP contribution in [0.5, 0.6) is 11.5 Å². The van der Waals surface area contributed by atoms with Crippen molar-refractivity contribution in [2.45, 2.75) is 4.90 Å². The lowest BCUT2D eigenvalue weighted by atomic mass is 10.1. The molecule has 2 aromatic rings. The van der Waals surface area contributed by atoms with Crippen LogP contribution in [0.4, 0.5) is 5.69 Å². The molecule has 0 amide bonds. The fourth-order valence-corrected chi connectivity index (χ4v) is 2.47. The molecule has 0 fully saturated rings. The van der Waals surface area contributed by atoms with Crippen LogP contribution in [0.3, 0.4) is 0 Å². The lowest BCUT2D eigenvalue weighted by Gasteiger charge is -2.09. The van der Waals surface area contributed by atoms with Gasteiger partial charge in [0.05, 0.1) is 7.11 Å². The SMILES string of the molecule is COc1ccc2c(S(=O)(=O)O)cc(N=O)c(O)c2c1. The average Bonchev–Trinajstić information content (AvgIpc) is 2.37. The second-order valence-corrected chi connectivity index (χ2v) is 5.11. The molecule has 7 nitrogen and oxygen atoms in total. The van der Waals surface area contributed by atoms with E-state index in [4.69, 9.17) is 9.29 Å². The van der Waals surface area contributed by atoms with Gasteiger partial charge in [0.2, 0.25) is 0 Å². The van der Waals surface area contributed by atoms with Crippen molar-refractivity contribution in [3.8, 4) is 11.5 Å². The molecule has 0 atom stereocenters. The maximum Gasteiger partial charge on any atom is 0.295 e. The van der Waals surface area contributed by atoms with E-state index < -0.39 is 26.5 Å². The van der Waals surface area contributed by atoms with Crippen molar-refractivity contribution < 1.29 is 22.8 Å². The number of nitroso groups, excluding NO2 is 1. The van der Waals surface area contributed by atoms with Crippen molar-refractivity contribution in [1.82, 2.24) is 0 Å². The second-order valence-electron chi connectivity index (χ2n) is 3.72. The van der Waals surface area contributed by atoms with Gasteiger partial charge < -0.3 is 9.84 Å². The molecule has 0 saturated heterocycles. The molecule has 0 aliphatic carbocycles. The molecule has 0 aromatic heterocycles. The Hall–Kier alpha value is -2.19. The molecule has 0 aliphatic heterocycles. The van der Waals surface area contributed by atoms with Crippen LogP contribution in [0.2, 0.25) is 0 Å². The number of hydrogen-bond donors (Lipinski definition) is 2. The summed E-state index contributed by atoms with van der Waals surface area (Å²) in [6.07, 6.45) is 0. The van der Waals surface area contributed by atoms with Crippen LogP contribution in [0.25, 0.3) is 10.8 Å². The van der Waals surface area contributed by atoms with E-state index >= 15 is 0 Å². The molecule has 0 heterocycles. The summed E-state index contributed by atoms with van der Waals surface area (Å²) in [6, 6.07) is 4.97. The van der Waals surface area contributed by atoms with Crippen molar-refractivity contribution in [3.05, 3.63) is 29.2 Å². The van der Waals surface area contributed by atoms with E-state index in [1.54, 1.807) is 0 Å². The van der Waals surface area contributed by atoms with Crippen LogP contribution in [-0.4, -0.2) is 25.2 Å². The van der Waals surface area contributed by atoms with E-state index in [-0.39, 0.29) is 10.8 Å². The average molecular weight is 283 g/mol. The van der Waals surface area contributed by atoms with Crippen molar-refractivity contribution in [3.63, 3.8) is 0 Å². The summed E-state index contributed by atoms with van der Waals surface area (Å²) in [6.45, 7) is 0. The Morgan fingerprint density at radius 1 is 1.21 bits per heavy atom. The molecule has 2 aromatic carbocycles. The summed E-state index contributed by atoms with van der Waals surface area (Å²) in [5.74, 6) is -0.122. The van der Waals surface area contributed by atoms with Gasteiger partial charge >= 0.3 is 0 Å². The zero-order chi connectivity index (χ0) is 14.2. The number of fused-ring (bicyclic) bond motifs is 1. The predicted octanol–water partition coefficient (Wildman–Crippen LogP) is 2.20. The largest absolute Gasteiger partial charge is 0.505 e. The van der Waals surface area contributed by atoms with Gasteiger partial charge in [-0.15, -0.1) is 4.91 Å². The monoisotopic (exact) mass is 283 g/mol. The molecule has 19 heavy (non-hydrogen) atoms. The number of rotatable bonds is 3. The van der Waals surface area contributed by atoms with Crippen LogP contribution in [0, 0.1) is 4.91 Å². The Bertz CT molecular complexity index is 768. The van der Waals surface area contributed by atoms with Crippen molar-refractivity contribution >= 4 is 26.6 Å². The van der Waals surface area contributed by atoms with Crippen LogP contribution in [-0.2, 0) is 10.1 Å². The highest BCUT2D eigenvalue weighted by Gasteiger charge is 2.20. The molecule has 0 spiro atoms. The number of phenols is 1. The third kappa shape index (κ3) is 2.23. The first-order chi connectivity index (χ1) is 8.88. The quantitative estimate of drug-likeness (QED) is 0.659. The number of nitrogens with zero attached hydrogens (tertiary/aromatic N) is 1. The number of benzene rings is 2. The lowest BCUT2D eigenvalue weighted by molar-refractivity contribution is 0.415. The molecular formula is C11H9NO6S. The smallest absolute Gasteiger partial charge is 0.295 e. The van der Waals surface area contributed by atoms with E-state index in [2.05, 4.69) is 5.18 Å². The van der Waals surface area contributed by atoms with Crippen LogP contribution >= 0.6 is 0 Å². The summed E-state index contributed by atoms with van der Waals surface area (Å²) < 4.78 is 36.6. The Labute approximate surface area is 108 Å². The minimum Gasteiger partial charge on any atom is -0.505 e. The highest BCUT2D eigenvalue weighted by Crippen LogP contribution is 2.40. The molecule has 0 radical (unpaired) electrons. The number of hydrogen-bond acceptors (Lipinski definition) is 6. The zero-order valence-corrected chi connectivity index (χ0v) is 10.5. The molecule has 0 aliphatic rings. The van der Waals surface area contributed by atoms with Gasteiger partial charge in [0, 0.05) is 10.8 Å². The summed E-state index contributed by atoms with van der Waals surface area (Å²) >= 11 is 0. The molecule has 0 saturated carbocycles. The Morgan fingerprint density at radius 2 is 1.89 bits per heavy atom. The maximum absolute atomic E-state index is 11.3. The third-order valence-electron chi connectivity index (χ3n) is 2.63. The van der Waals surface area contributed by atoms with Crippen LogP contribution in [0.1, 0.15) is 0 Å². The van der Waals surface area contributed by atoms with E-state index in [9.17, 15) is 18.4 Å². The van der Waals surface area contributed by atoms with Crippen molar-refractivity contribution in [2.75, 3.05) is 7.11 Å². The molecule has 2 N–H and O–H groups in total. The van der Waals surface area contributed by atoms with Crippen molar-refractivity contribution in [1.29, 1.82) is 0 Å². The van der Waals surface area contributed by atoms with E-state index in [1.807, 2.05) is 0 Å². The molecule has 8 heteroatoms. The van der Waals surface area contributed by atoms with E-state index in [1.165, 1.54) is 25.3 Å². The fourth-order valence-electron chi connectivity index (χ4n) is 1.75. The van der Waals surface area contributed by atoms with Gasteiger partial charge in [-0.25, -0.2) is 0 Å². The first-order valence-corrected chi connectivity index (χ1v) is 6.47. The fraction of sp³-hybridized carbons (Fsp3) is 0.0909. The lowest BCUT2D eigenvalue weighted by Crippen LogP contribution is -1.99. The van der Waals surface area contributed by atoms with Gasteiger partial charge in [-0.05, 0) is 29.4 Å². The Balaban J connectivity index is 2.99. The first-order valence-electron chi connectivity index (χ1n) is 5.03. The zero-order valence-electron chi connectivity index (χ0n) is 9.69. The van der Waals surface area contributed by atoms with Gasteiger partial charge in [0.15, 0.2) is 11.4 Å². The van der Waals surface area contributed by atoms with Crippen LogP contribution in [0.15, 0.2) is 34.3 Å². The van der Waals surface area contributed by atoms with Gasteiger partial charge in [-0.2, -0.15) is 8.42 Å². The summed E-state index contributed by atoms with van der Waals surface area (Å²) in [5, 5.41) is 12.5. The van der Waals surface area contributed by atoms with Gasteiger partial charge in [0.1, 0.15) is 10.6 Å². The van der Waals surface area contributed by atoms with Gasteiger partial charge in [-0.3, -0.25) is 4.55 Å². The second kappa shape index (κ2) is 4.48. The first kappa shape index (κ1) is 13.2. The summed E-state index contributed by atoms with van der Waals surface area (Å²) in [5.41, 5.74) is -0.478. The van der Waals surface area contributed by atoms with Crippen LogP contribution < -0.4 is 4.74 Å². The number of ether oxygens (including phenoxy) is 1. The number of methoxy groups -OCH3 is 1. The minimum absolute atomic E-state index is 0.0454. The number of aromatic hydroxyl groups is 1. The third-order valence-corrected chi connectivity index (χ3v) is 3.53. The van der Waals surface area contributed by atoms with E-state index in [0.29, 0.717) is 5.75 Å². The highest BCUT2D eigenvalue weighted by atomic mass is 32.2. The molecule has 2 rings (SSSR count). The highest BCUT2D eigenvalue weighted by molar-refractivity contribution is 7.86. The molecule has 0 bridgehead atoms. The molecule has 100 valence electrons. The topological polar surface area (TPSA) is 113 Å². The molecular weight excluding hydrogens is 274 g/mol. The normalized spacial score (nSPS) is 11.5. The van der Waals surface area contributed by atoms with Crippen molar-refractivity contribution in [2.24, 2.45) is 5.18 Å². The van der Waals surface area contributed by atoms with E-state index in [0.717, 1.165) is 6.07 Å². The summed E-state index contributed by atoms with van der Waals surface area (Å²) in [4.78, 5) is 10.1. The molecule has 0 unspecified atom stereocenters.